The molecule has 18 heavy (non-hydrogen) atoms. The predicted molar refractivity (Wildman–Crippen MR) is 75.9 cm³/mol. The topological polar surface area (TPSA) is 28.1 Å². The minimum Gasteiger partial charge on any atom is -0.375 e. The number of hydrogen-bond acceptors (Lipinski definition) is 2. The fourth-order valence-electron chi connectivity index (χ4n) is 1.83. The summed E-state index contributed by atoms with van der Waals surface area (Å²) in [5.74, 6) is 0.938. The van der Waals surface area contributed by atoms with Crippen molar-refractivity contribution < 1.29 is 4.74 Å². The van der Waals surface area contributed by atoms with Crippen LogP contribution in [0.25, 0.3) is 0 Å². The molecule has 100 valence electrons. The molecule has 0 aliphatic heterocycles. The largest absolute Gasteiger partial charge is 0.375 e. The molecule has 0 saturated heterocycles. The Morgan fingerprint density at radius 1 is 1.11 bits per heavy atom. The van der Waals surface area contributed by atoms with Crippen molar-refractivity contribution in [1.29, 1.82) is 0 Å². The SMILES string of the molecule is COC(CN=C(N(C)C)N(C)C)c1ccccc1. The highest BCUT2D eigenvalue weighted by Crippen LogP contribution is 2.16. The Bertz CT molecular complexity index is 364. The number of aliphatic imine (C=N–C) groups is 1. The van der Waals surface area contributed by atoms with Gasteiger partial charge < -0.3 is 14.5 Å². The summed E-state index contributed by atoms with van der Waals surface area (Å²) in [6.07, 6.45) is 0.00102. The Morgan fingerprint density at radius 2 is 1.67 bits per heavy atom. The molecular weight excluding hydrogens is 226 g/mol. The Morgan fingerprint density at radius 3 is 2.11 bits per heavy atom. The Labute approximate surface area is 110 Å². The van der Waals surface area contributed by atoms with Gasteiger partial charge in [-0.2, -0.15) is 0 Å². The maximum Gasteiger partial charge on any atom is 0.195 e. The number of benzene rings is 1. The summed E-state index contributed by atoms with van der Waals surface area (Å²) in [4.78, 5) is 8.61. The van der Waals surface area contributed by atoms with Crippen molar-refractivity contribution >= 4 is 5.96 Å². The van der Waals surface area contributed by atoms with Gasteiger partial charge in [-0.3, -0.25) is 0 Å². The quantitative estimate of drug-likeness (QED) is 0.602. The average Bonchev–Trinajstić information content (AvgIpc) is 2.34. The van der Waals surface area contributed by atoms with Crippen molar-refractivity contribution in [2.24, 2.45) is 4.99 Å². The summed E-state index contributed by atoms with van der Waals surface area (Å²) in [5.41, 5.74) is 1.15. The van der Waals surface area contributed by atoms with E-state index in [1.807, 2.05) is 56.2 Å². The number of hydrogen-bond donors (Lipinski definition) is 0. The maximum absolute atomic E-state index is 5.50. The third-order valence-electron chi connectivity index (χ3n) is 2.65. The first-order chi connectivity index (χ1) is 8.56. The first-order valence-electron chi connectivity index (χ1n) is 6.03. The van der Waals surface area contributed by atoms with Gasteiger partial charge in [0, 0.05) is 35.3 Å². The molecule has 1 atom stereocenters. The van der Waals surface area contributed by atoms with Gasteiger partial charge >= 0.3 is 0 Å². The molecule has 0 spiro atoms. The highest BCUT2D eigenvalue weighted by atomic mass is 16.5. The van der Waals surface area contributed by atoms with Crippen molar-refractivity contribution in [3.63, 3.8) is 0 Å². The zero-order valence-electron chi connectivity index (χ0n) is 11.9. The standard InChI is InChI=1S/C14H23N3O/c1-16(2)14(17(3)4)15-11-13(18-5)12-9-7-6-8-10-12/h6-10,13H,11H2,1-5H3. The summed E-state index contributed by atoms with van der Waals surface area (Å²) in [7, 11) is 9.68. The van der Waals surface area contributed by atoms with Gasteiger partial charge in [0.1, 0.15) is 6.10 Å². The van der Waals surface area contributed by atoms with E-state index in [1.165, 1.54) is 0 Å². The molecule has 0 radical (unpaired) electrons. The maximum atomic E-state index is 5.50. The van der Waals surface area contributed by atoms with Crippen LogP contribution in [0.3, 0.4) is 0 Å². The fourth-order valence-corrected chi connectivity index (χ4v) is 1.83. The van der Waals surface area contributed by atoms with Gasteiger partial charge in [0.2, 0.25) is 0 Å². The van der Waals surface area contributed by atoms with Gasteiger partial charge in [-0.15, -0.1) is 0 Å². The van der Waals surface area contributed by atoms with Crippen LogP contribution in [0, 0.1) is 0 Å². The molecule has 4 heteroatoms. The molecule has 0 fully saturated rings. The average molecular weight is 249 g/mol. The highest BCUT2D eigenvalue weighted by molar-refractivity contribution is 5.79. The molecule has 0 bridgehead atoms. The summed E-state index contributed by atoms with van der Waals surface area (Å²) < 4.78 is 5.50. The van der Waals surface area contributed by atoms with Gasteiger partial charge in [-0.1, -0.05) is 30.3 Å². The zero-order chi connectivity index (χ0) is 13.5. The molecule has 0 amide bonds. The second-order valence-corrected chi connectivity index (χ2v) is 4.56. The van der Waals surface area contributed by atoms with Gasteiger partial charge in [0.05, 0.1) is 6.54 Å². The van der Waals surface area contributed by atoms with Gasteiger partial charge in [-0.25, -0.2) is 4.99 Å². The van der Waals surface area contributed by atoms with Crippen LogP contribution in [0.2, 0.25) is 0 Å². The molecular formula is C14H23N3O. The monoisotopic (exact) mass is 249 g/mol. The number of nitrogens with zero attached hydrogens (tertiary/aromatic N) is 3. The smallest absolute Gasteiger partial charge is 0.195 e. The van der Waals surface area contributed by atoms with Crippen LogP contribution in [0.15, 0.2) is 35.3 Å². The van der Waals surface area contributed by atoms with Crippen LogP contribution >= 0.6 is 0 Å². The Kier molecular flexibility index (Phi) is 5.65. The number of guanidine groups is 1. The number of methoxy groups -OCH3 is 1. The van der Waals surface area contributed by atoms with E-state index in [-0.39, 0.29) is 6.10 Å². The van der Waals surface area contributed by atoms with E-state index in [9.17, 15) is 0 Å². The van der Waals surface area contributed by atoms with E-state index in [0.717, 1.165) is 11.5 Å². The molecule has 0 aromatic heterocycles. The minimum atomic E-state index is 0.00102. The van der Waals surface area contributed by atoms with Crippen molar-refractivity contribution in [2.75, 3.05) is 41.8 Å². The summed E-state index contributed by atoms with van der Waals surface area (Å²) >= 11 is 0. The van der Waals surface area contributed by atoms with E-state index in [1.54, 1.807) is 7.11 Å². The molecule has 0 heterocycles. The van der Waals surface area contributed by atoms with Crippen LogP contribution in [-0.4, -0.2) is 57.6 Å². The third-order valence-corrected chi connectivity index (χ3v) is 2.65. The lowest BCUT2D eigenvalue weighted by Gasteiger charge is -2.23. The Balaban J connectivity index is 2.78. The predicted octanol–water partition coefficient (Wildman–Crippen LogP) is 1.85. The van der Waals surface area contributed by atoms with Crippen LogP contribution in [0.5, 0.6) is 0 Å². The highest BCUT2D eigenvalue weighted by Gasteiger charge is 2.11. The van der Waals surface area contributed by atoms with E-state index in [2.05, 4.69) is 17.1 Å². The zero-order valence-corrected chi connectivity index (χ0v) is 11.9. The van der Waals surface area contributed by atoms with Crippen molar-refractivity contribution in [3.05, 3.63) is 35.9 Å². The summed E-state index contributed by atoms with van der Waals surface area (Å²) in [6.45, 7) is 0.617. The lowest BCUT2D eigenvalue weighted by molar-refractivity contribution is 0.110. The van der Waals surface area contributed by atoms with Crippen LogP contribution in [0.4, 0.5) is 0 Å². The van der Waals surface area contributed by atoms with Gasteiger partial charge in [-0.05, 0) is 5.56 Å². The van der Waals surface area contributed by atoms with Crippen molar-refractivity contribution in [2.45, 2.75) is 6.10 Å². The molecule has 1 unspecified atom stereocenters. The van der Waals surface area contributed by atoms with Gasteiger partial charge in [0.25, 0.3) is 0 Å². The lowest BCUT2D eigenvalue weighted by atomic mass is 10.1. The van der Waals surface area contributed by atoms with Crippen LogP contribution in [0.1, 0.15) is 11.7 Å². The van der Waals surface area contributed by atoms with E-state index in [0.29, 0.717) is 6.54 Å². The molecule has 1 rings (SSSR count). The van der Waals surface area contributed by atoms with E-state index < -0.39 is 0 Å². The first kappa shape index (κ1) is 14.5. The first-order valence-corrected chi connectivity index (χ1v) is 6.03. The fraction of sp³-hybridized carbons (Fsp3) is 0.500. The molecule has 0 aliphatic carbocycles. The lowest BCUT2D eigenvalue weighted by Crippen LogP contribution is -2.35. The molecule has 0 saturated carbocycles. The molecule has 1 aromatic rings. The number of ether oxygens (including phenoxy) is 1. The Hall–Kier alpha value is -1.55. The van der Waals surface area contributed by atoms with E-state index >= 15 is 0 Å². The molecule has 4 nitrogen and oxygen atoms in total. The minimum absolute atomic E-state index is 0.00102. The van der Waals surface area contributed by atoms with Crippen molar-refractivity contribution in [1.82, 2.24) is 9.80 Å². The molecule has 0 aliphatic rings. The third kappa shape index (κ3) is 4.04. The molecule has 1 aromatic carbocycles. The summed E-state index contributed by atoms with van der Waals surface area (Å²) in [6, 6.07) is 10.2. The summed E-state index contributed by atoms with van der Waals surface area (Å²) in [5, 5.41) is 0. The second-order valence-electron chi connectivity index (χ2n) is 4.56. The van der Waals surface area contributed by atoms with Crippen LogP contribution < -0.4 is 0 Å². The second kappa shape index (κ2) is 7.01. The van der Waals surface area contributed by atoms with Crippen LogP contribution in [-0.2, 0) is 4.74 Å². The van der Waals surface area contributed by atoms with Gasteiger partial charge in [0.15, 0.2) is 5.96 Å². The van der Waals surface area contributed by atoms with E-state index in [4.69, 9.17) is 4.74 Å². The molecule has 0 N–H and O–H groups in total. The number of rotatable bonds is 4. The normalized spacial score (nSPS) is 11.8. The van der Waals surface area contributed by atoms with Crippen molar-refractivity contribution in [3.8, 4) is 0 Å².